The number of nitrogen functional groups attached to an aromatic ring is 1. The summed E-state index contributed by atoms with van der Waals surface area (Å²) in [6, 6.07) is 16.5. The number of carbonyl (C=O) groups is 1. The number of hydrogen-bond donors (Lipinski definition) is 3. The number of aryl methyl sites for hydroxylation is 1. The summed E-state index contributed by atoms with van der Waals surface area (Å²) in [7, 11) is 0. The molecule has 2 aromatic carbocycles. The lowest BCUT2D eigenvalue weighted by molar-refractivity contribution is -0.00522. The van der Waals surface area contributed by atoms with Gasteiger partial charge in [-0.05, 0) is 62.7 Å². The van der Waals surface area contributed by atoms with Gasteiger partial charge in [-0.15, -0.1) is 0 Å². The molecule has 4 rings (SSSR count). The highest BCUT2D eigenvalue weighted by Crippen LogP contribution is 2.26. The first kappa shape index (κ1) is 23.9. The van der Waals surface area contributed by atoms with Crippen LogP contribution >= 0.6 is 0 Å². The quantitative estimate of drug-likeness (QED) is 0.382. The zero-order valence-corrected chi connectivity index (χ0v) is 20.0. The minimum absolute atomic E-state index is 0.132. The summed E-state index contributed by atoms with van der Waals surface area (Å²) in [4.78, 5) is 19.2. The van der Waals surface area contributed by atoms with Crippen LogP contribution in [0.1, 0.15) is 46.6 Å². The van der Waals surface area contributed by atoms with Gasteiger partial charge in [0.2, 0.25) is 0 Å². The third kappa shape index (κ3) is 5.31. The van der Waals surface area contributed by atoms with Gasteiger partial charge in [0.15, 0.2) is 0 Å². The van der Waals surface area contributed by atoms with Crippen molar-refractivity contribution >= 4 is 28.7 Å². The van der Waals surface area contributed by atoms with Crippen LogP contribution in [0.2, 0.25) is 0 Å². The van der Waals surface area contributed by atoms with Crippen molar-refractivity contribution in [3.63, 3.8) is 0 Å². The molecule has 35 heavy (non-hydrogen) atoms. The van der Waals surface area contributed by atoms with Crippen molar-refractivity contribution in [1.82, 2.24) is 4.98 Å². The second-order valence-electron chi connectivity index (χ2n) is 8.85. The SMILES string of the molecule is Cc1cc(C#N)cnc1C(=O)Nc1ccc(N)c(C(=N)c2cccc(N3C[C@@H](C)O[C@@H](C)C3)c2)c1. The van der Waals surface area contributed by atoms with Crippen LogP contribution in [0.25, 0.3) is 0 Å². The number of aromatic nitrogens is 1. The van der Waals surface area contributed by atoms with Crippen LogP contribution in [0.3, 0.4) is 0 Å². The van der Waals surface area contributed by atoms with Gasteiger partial charge in [-0.2, -0.15) is 5.26 Å². The van der Waals surface area contributed by atoms with Crippen LogP contribution in [-0.4, -0.2) is 41.9 Å². The predicted octanol–water partition coefficient (Wildman–Crippen LogP) is 4.13. The number of nitrogens with one attached hydrogen (secondary N) is 2. The standard InChI is InChI=1S/C27H28N6O2/c1-16-9-19(12-28)13-31-26(16)27(34)32-21-7-8-24(29)23(11-21)25(30)20-5-4-6-22(10-20)33-14-17(2)35-18(3)15-33/h4-11,13,17-18,30H,14-15,29H2,1-3H3,(H,32,34)/t17-,18+. The fourth-order valence-corrected chi connectivity index (χ4v) is 4.32. The number of amides is 1. The summed E-state index contributed by atoms with van der Waals surface area (Å²) in [6.07, 6.45) is 1.63. The number of ether oxygens (including phenoxy) is 1. The number of morpholine rings is 1. The Morgan fingerprint density at radius 3 is 2.63 bits per heavy atom. The van der Waals surface area contributed by atoms with Crippen molar-refractivity contribution in [3.05, 3.63) is 82.7 Å². The molecule has 0 saturated carbocycles. The highest BCUT2D eigenvalue weighted by Gasteiger charge is 2.23. The molecule has 1 saturated heterocycles. The van der Waals surface area contributed by atoms with Crippen molar-refractivity contribution in [1.29, 1.82) is 10.7 Å². The van der Waals surface area contributed by atoms with E-state index in [1.54, 1.807) is 31.2 Å². The second kappa shape index (κ2) is 9.95. The molecule has 2 atom stereocenters. The fourth-order valence-electron chi connectivity index (χ4n) is 4.32. The van der Waals surface area contributed by atoms with E-state index in [0.29, 0.717) is 28.1 Å². The normalized spacial score (nSPS) is 17.5. The number of anilines is 3. The van der Waals surface area contributed by atoms with Crippen molar-refractivity contribution in [2.45, 2.75) is 33.0 Å². The molecule has 4 N–H and O–H groups in total. The molecule has 0 bridgehead atoms. The van der Waals surface area contributed by atoms with Gasteiger partial charge in [-0.1, -0.05) is 12.1 Å². The minimum Gasteiger partial charge on any atom is -0.398 e. The first-order valence-electron chi connectivity index (χ1n) is 11.4. The number of nitrogens with two attached hydrogens (primary N) is 1. The van der Waals surface area contributed by atoms with Crippen LogP contribution in [0.5, 0.6) is 0 Å². The van der Waals surface area contributed by atoms with Crippen LogP contribution in [0.4, 0.5) is 17.1 Å². The van der Waals surface area contributed by atoms with Crippen molar-refractivity contribution in [3.8, 4) is 6.07 Å². The molecule has 1 aromatic heterocycles. The average molecular weight is 469 g/mol. The number of nitriles is 1. The Morgan fingerprint density at radius 1 is 1.20 bits per heavy atom. The summed E-state index contributed by atoms with van der Waals surface area (Å²) >= 11 is 0. The number of hydrogen-bond acceptors (Lipinski definition) is 7. The molecule has 8 heteroatoms. The zero-order valence-electron chi connectivity index (χ0n) is 20.0. The van der Waals surface area contributed by atoms with E-state index >= 15 is 0 Å². The van der Waals surface area contributed by atoms with E-state index in [0.717, 1.165) is 24.3 Å². The lowest BCUT2D eigenvalue weighted by Gasteiger charge is -2.37. The van der Waals surface area contributed by atoms with E-state index in [1.165, 1.54) is 6.20 Å². The van der Waals surface area contributed by atoms with Gasteiger partial charge in [0, 0.05) is 47.5 Å². The number of benzene rings is 2. The first-order chi connectivity index (χ1) is 16.7. The van der Waals surface area contributed by atoms with Gasteiger partial charge in [-0.25, -0.2) is 4.98 Å². The Kier molecular flexibility index (Phi) is 6.80. The summed E-state index contributed by atoms with van der Waals surface area (Å²) in [6.45, 7) is 7.42. The Bertz CT molecular complexity index is 1320. The molecule has 2 heterocycles. The van der Waals surface area contributed by atoms with Gasteiger partial charge >= 0.3 is 0 Å². The zero-order chi connectivity index (χ0) is 25.1. The predicted molar refractivity (Wildman–Crippen MR) is 137 cm³/mol. The van der Waals surface area contributed by atoms with Gasteiger partial charge in [0.1, 0.15) is 11.8 Å². The van der Waals surface area contributed by atoms with E-state index < -0.39 is 5.91 Å². The van der Waals surface area contributed by atoms with Crippen molar-refractivity contribution in [2.75, 3.05) is 29.0 Å². The highest BCUT2D eigenvalue weighted by molar-refractivity contribution is 6.15. The van der Waals surface area contributed by atoms with Crippen molar-refractivity contribution in [2.24, 2.45) is 0 Å². The first-order valence-corrected chi connectivity index (χ1v) is 11.4. The topological polar surface area (TPSA) is 128 Å². The van der Waals surface area contributed by atoms with Gasteiger partial charge in [0.05, 0.1) is 23.5 Å². The van der Waals surface area contributed by atoms with Gasteiger partial charge in [-0.3, -0.25) is 10.2 Å². The maximum Gasteiger partial charge on any atom is 0.274 e. The summed E-state index contributed by atoms with van der Waals surface area (Å²) in [5.41, 5.74) is 10.9. The Hall–Kier alpha value is -4.22. The maximum atomic E-state index is 12.8. The summed E-state index contributed by atoms with van der Waals surface area (Å²) in [5.74, 6) is -0.396. The average Bonchev–Trinajstić information content (AvgIpc) is 2.84. The molecule has 178 valence electrons. The molecular weight excluding hydrogens is 440 g/mol. The maximum absolute atomic E-state index is 12.8. The van der Waals surface area contributed by atoms with E-state index in [1.807, 2.05) is 30.3 Å². The molecular formula is C27H28N6O2. The second-order valence-corrected chi connectivity index (χ2v) is 8.85. The van der Waals surface area contributed by atoms with Gasteiger partial charge < -0.3 is 20.7 Å². The third-order valence-corrected chi connectivity index (χ3v) is 5.92. The van der Waals surface area contributed by atoms with Crippen LogP contribution in [0, 0.1) is 23.7 Å². The Labute approximate surface area is 204 Å². The summed E-state index contributed by atoms with van der Waals surface area (Å²) < 4.78 is 5.84. The Morgan fingerprint density at radius 2 is 1.94 bits per heavy atom. The molecule has 0 aliphatic carbocycles. The van der Waals surface area contributed by atoms with Crippen LogP contribution in [-0.2, 0) is 4.74 Å². The fraction of sp³-hybridized carbons (Fsp3) is 0.259. The number of nitrogens with zero attached hydrogens (tertiary/aromatic N) is 3. The third-order valence-electron chi connectivity index (χ3n) is 5.92. The van der Waals surface area contributed by atoms with E-state index in [4.69, 9.17) is 21.1 Å². The smallest absolute Gasteiger partial charge is 0.274 e. The largest absolute Gasteiger partial charge is 0.398 e. The van der Waals surface area contributed by atoms with E-state index in [-0.39, 0.29) is 23.6 Å². The lowest BCUT2D eigenvalue weighted by Crippen LogP contribution is -2.45. The number of rotatable bonds is 5. The minimum atomic E-state index is -0.396. The molecule has 0 radical (unpaired) electrons. The molecule has 1 aliphatic rings. The van der Waals surface area contributed by atoms with E-state index in [2.05, 4.69) is 29.0 Å². The molecule has 1 aliphatic heterocycles. The lowest BCUT2D eigenvalue weighted by atomic mass is 9.99. The van der Waals surface area contributed by atoms with E-state index in [9.17, 15) is 4.79 Å². The molecule has 3 aromatic rings. The van der Waals surface area contributed by atoms with Crippen LogP contribution in [0.15, 0.2) is 54.7 Å². The summed E-state index contributed by atoms with van der Waals surface area (Å²) in [5, 5.41) is 20.7. The molecule has 1 fully saturated rings. The molecule has 8 nitrogen and oxygen atoms in total. The molecule has 1 amide bonds. The van der Waals surface area contributed by atoms with Crippen molar-refractivity contribution < 1.29 is 9.53 Å². The Balaban J connectivity index is 1.57. The number of carbonyl (C=O) groups excluding carboxylic acids is 1. The monoisotopic (exact) mass is 468 g/mol. The highest BCUT2D eigenvalue weighted by atomic mass is 16.5. The van der Waals surface area contributed by atoms with Crippen LogP contribution < -0.4 is 16.0 Å². The molecule has 0 spiro atoms. The number of pyridine rings is 1. The van der Waals surface area contributed by atoms with Gasteiger partial charge in [0.25, 0.3) is 5.91 Å². The molecule has 0 unspecified atom stereocenters.